The SMILES string of the molecule is CC(C)(NC(=O)c1cnc(-c2ccc(C(F)(F)F)cn2)[nH]c1=O)c1ccccc1. The Kier molecular flexibility index (Phi) is 5.23. The van der Waals surface area contributed by atoms with Crippen LogP contribution in [0.1, 0.15) is 35.3 Å². The Morgan fingerprint density at radius 2 is 1.66 bits per heavy atom. The van der Waals surface area contributed by atoms with Crippen LogP contribution in [0.4, 0.5) is 13.2 Å². The fourth-order valence-corrected chi connectivity index (χ4v) is 2.67. The summed E-state index contributed by atoms with van der Waals surface area (Å²) < 4.78 is 37.9. The maximum absolute atomic E-state index is 12.6. The van der Waals surface area contributed by atoms with Crippen LogP contribution in [-0.2, 0) is 11.7 Å². The normalized spacial score (nSPS) is 11.9. The second kappa shape index (κ2) is 7.50. The fourth-order valence-electron chi connectivity index (χ4n) is 2.67. The van der Waals surface area contributed by atoms with Crippen molar-refractivity contribution < 1.29 is 18.0 Å². The van der Waals surface area contributed by atoms with E-state index in [0.717, 1.165) is 23.9 Å². The molecule has 0 saturated heterocycles. The molecule has 2 N–H and O–H groups in total. The molecular weight excluding hydrogens is 385 g/mol. The second-order valence-corrected chi connectivity index (χ2v) is 6.85. The lowest BCUT2D eigenvalue weighted by molar-refractivity contribution is -0.137. The third-order valence-electron chi connectivity index (χ3n) is 4.30. The minimum Gasteiger partial charge on any atom is -0.343 e. The standard InChI is InChI=1S/C20H17F3N4O2/c1-19(2,12-6-4-3-5-7-12)27-18(29)14-11-25-16(26-17(14)28)15-9-8-13(10-24-15)20(21,22)23/h3-11H,1-2H3,(H,27,29)(H,25,26,28). The molecule has 0 radical (unpaired) electrons. The number of carbonyl (C=O) groups excluding carboxylic acids is 1. The van der Waals surface area contributed by atoms with Gasteiger partial charge in [0.15, 0.2) is 5.82 Å². The highest BCUT2D eigenvalue weighted by Crippen LogP contribution is 2.29. The number of alkyl halides is 3. The predicted molar refractivity (Wildman–Crippen MR) is 100 cm³/mol. The van der Waals surface area contributed by atoms with Gasteiger partial charge in [-0.25, -0.2) is 4.98 Å². The van der Waals surface area contributed by atoms with Crippen molar-refractivity contribution in [2.75, 3.05) is 0 Å². The van der Waals surface area contributed by atoms with Crippen LogP contribution in [0.25, 0.3) is 11.5 Å². The number of rotatable bonds is 4. The zero-order valence-electron chi connectivity index (χ0n) is 15.5. The molecule has 150 valence electrons. The van der Waals surface area contributed by atoms with Gasteiger partial charge in [-0.3, -0.25) is 14.6 Å². The first kappa shape index (κ1) is 20.2. The van der Waals surface area contributed by atoms with E-state index in [4.69, 9.17) is 0 Å². The summed E-state index contributed by atoms with van der Waals surface area (Å²) in [5.41, 5.74) is -1.70. The summed E-state index contributed by atoms with van der Waals surface area (Å²) in [6.07, 6.45) is -2.79. The Labute approximate surface area is 163 Å². The van der Waals surface area contributed by atoms with Crippen LogP contribution in [0.2, 0.25) is 0 Å². The van der Waals surface area contributed by atoms with Crippen LogP contribution in [0, 0.1) is 0 Å². The third kappa shape index (κ3) is 4.50. The molecule has 0 aliphatic carbocycles. The number of hydrogen-bond donors (Lipinski definition) is 2. The van der Waals surface area contributed by atoms with Crippen molar-refractivity contribution >= 4 is 5.91 Å². The lowest BCUT2D eigenvalue weighted by Crippen LogP contribution is -2.42. The number of nitrogens with one attached hydrogen (secondary N) is 2. The van der Waals surface area contributed by atoms with Crippen molar-refractivity contribution in [3.63, 3.8) is 0 Å². The van der Waals surface area contributed by atoms with Gasteiger partial charge < -0.3 is 10.3 Å². The van der Waals surface area contributed by atoms with Gasteiger partial charge in [-0.1, -0.05) is 30.3 Å². The van der Waals surface area contributed by atoms with Gasteiger partial charge in [0, 0.05) is 12.4 Å². The predicted octanol–water partition coefficient (Wildman–Crippen LogP) is 3.52. The van der Waals surface area contributed by atoms with Crippen molar-refractivity contribution in [2.45, 2.75) is 25.6 Å². The minimum atomic E-state index is -4.51. The number of pyridine rings is 1. The first-order valence-corrected chi connectivity index (χ1v) is 8.59. The summed E-state index contributed by atoms with van der Waals surface area (Å²) in [7, 11) is 0. The number of aromatic nitrogens is 3. The number of nitrogens with zero attached hydrogens (tertiary/aromatic N) is 2. The number of amides is 1. The highest BCUT2D eigenvalue weighted by Gasteiger charge is 2.31. The van der Waals surface area contributed by atoms with E-state index in [0.29, 0.717) is 6.20 Å². The van der Waals surface area contributed by atoms with Gasteiger partial charge in [0.25, 0.3) is 11.5 Å². The lowest BCUT2D eigenvalue weighted by atomic mass is 9.94. The monoisotopic (exact) mass is 402 g/mol. The second-order valence-electron chi connectivity index (χ2n) is 6.85. The molecule has 0 spiro atoms. The molecule has 29 heavy (non-hydrogen) atoms. The van der Waals surface area contributed by atoms with Crippen molar-refractivity contribution in [2.24, 2.45) is 0 Å². The Morgan fingerprint density at radius 1 is 0.966 bits per heavy atom. The van der Waals surface area contributed by atoms with E-state index in [1.165, 1.54) is 0 Å². The number of aromatic amines is 1. The van der Waals surface area contributed by atoms with Crippen LogP contribution in [0.5, 0.6) is 0 Å². The van der Waals surface area contributed by atoms with Gasteiger partial charge in [0.1, 0.15) is 11.3 Å². The molecule has 0 atom stereocenters. The van der Waals surface area contributed by atoms with Crippen LogP contribution >= 0.6 is 0 Å². The number of H-pyrrole nitrogens is 1. The lowest BCUT2D eigenvalue weighted by Gasteiger charge is -2.26. The molecule has 2 heterocycles. The van der Waals surface area contributed by atoms with E-state index in [9.17, 15) is 22.8 Å². The van der Waals surface area contributed by atoms with E-state index in [1.807, 2.05) is 30.3 Å². The first-order chi connectivity index (χ1) is 13.6. The summed E-state index contributed by atoms with van der Waals surface area (Å²) >= 11 is 0. The van der Waals surface area contributed by atoms with Gasteiger partial charge in [-0.05, 0) is 31.5 Å². The first-order valence-electron chi connectivity index (χ1n) is 8.59. The number of benzene rings is 1. The summed E-state index contributed by atoms with van der Waals surface area (Å²) in [6.45, 7) is 3.59. The van der Waals surface area contributed by atoms with Crippen molar-refractivity contribution in [1.29, 1.82) is 0 Å². The summed E-state index contributed by atoms with van der Waals surface area (Å²) in [4.78, 5) is 34.9. The zero-order valence-corrected chi connectivity index (χ0v) is 15.5. The molecule has 0 bridgehead atoms. The Morgan fingerprint density at radius 3 is 2.21 bits per heavy atom. The maximum Gasteiger partial charge on any atom is 0.417 e. The van der Waals surface area contributed by atoms with E-state index in [-0.39, 0.29) is 17.1 Å². The maximum atomic E-state index is 12.6. The molecular formula is C20H17F3N4O2. The van der Waals surface area contributed by atoms with Gasteiger partial charge >= 0.3 is 6.18 Å². The molecule has 0 aliphatic rings. The van der Waals surface area contributed by atoms with Gasteiger partial charge in [0.05, 0.1) is 11.1 Å². The molecule has 6 nitrogen and oxygen atoms in total. The Balaban J connectivity index is 1.82. The smallest absolute Gasteiger partial charge is 0.343 e. The van der Waals surface area contributed by atoms with E-state index < -0.39 is 28.7 Å². The molecule has 2 aromatic heterocycles. The molecule has 0 fully saturated rings. The number of carbonyl (C=O) groups is 1. The van der Waals surface area contributed by atoms with Crippen molar-refractivity contribution in [3.8, 4) is 11.5 Å². The fraction of sp³-hybridized carbons (Fsp3) is 0.200. The molecule has 0 aliphatic heterocycles. The number of hydrogen-bond acceptors (Lipinski definition) is 4. The highest BCUT2D eigenvalue weighted by molar-refractivity contribution is 5.94. The third-order valence-corrected chi connectivity index (χ3v) is 4.30. The van der Waals surface area contributed by atoms with Crippen molar-refractivity contribution in [1.82, 2.24) is 20.3 Å². The summed E-state index contributed by atoms with van der Waals surface area (Å²) in [5, 5.41) is 2.77. The molecule has 1 aromatic carbocycles. The van der Waals surface area contributed by atoms with Crippen molar-refractivity contribution in [3.05, 3.63) is 81.9 Å². The molecule has 3 rings (SSSR count). The van der Waals surface area contributed by atoms with E-state index in [1.54, 1.807) is 13.8 Å². The van der Waals surface area contributed by atoms with E-state index >= 15 is 0 Å². The minimum absolute atomic E-state index is 0.0393. The average Bonchev–Trinajstić information content (AvgIpc) is 2.67. The average molecular weight is 402 g/mol. The molecule has 0 unspecified atom stereocenters. The quantitative estimate of drug-likeness (QED) is 0.699. The summed E-state index contributed by atoms with van der Waals surface area (Å²) in [6, 6.07) is 11.2. The largest absolute Gasteiger partial charge is 0.417 e. The van der Waals surface area contributed by atoms with Gasteiger partial charge in [-0.2, -0.15) is 13.2 Å². The van der Waals surface area contributed by atoms with Gasteiger partial charge in [-0.15, -0.1) is 0 Å². The Hall–Kier alpha value is -3.49. The zero-order chi connectivity index (χ0) is 21.2. The van der Waals surface area contributed by atoms with Crippen LogP contribution in [0.3, 0.4) is 0 Å². The van der Waals surface area contributed by atoms with Crippen LogP contribution < -0.4 is 10.9 Å². The highest BCUT2D eigenvalue weighted by atomic mass is 19.4. The molecule has 3 aromatic rings. The topological polar surface area (TPSA) is 87.7 Å². The van der Waals surface area contributed by atoms with Gasteiger partial charge in [0.2, 0.25) is 0 Å². The molecule has 1 amide bonds. The number of halogens is 3. The van der Waals surface area contributed by atoms with Crippen LogP contribution in [-0.4, -0.2) is 20.9 Å². The Bertz CT molecular complexity index is 1080. The molecule has 9 heteroatoms. The molecule has 0 saturated carbocycles. The van der Waals surface area contributed by atoms with E-state index in [2.05, 4.69) is 20.3 Å². The van der Waals surface area contributed by atoms with Crippen LogP contribution in [0.15, 0.2) is 59.7 Å². The summed E-state index contributed by atoms with van der Waals surface area (Å²) in [5.74, 6) is -0.665.